The summed E-state index contributed by atoms with van der Waals surface area (Å²) in [4.78, 5) is 14.4. The number of hydrogen-bond donors (Lipinski definition) is 1. The number of nitrogens with two attached hydrogens (primary N) is 1. The monoisotopic (exact) mass is 274 g/mol. The van der Waals surface area contributed by atoms with E-state index in [2.05, 4.69) is 13.2 Å². The van der Waals surface area contributed by atoms with Gasteiger partial charge in [0.15, 0.2) is 0 Å². The molecule has 0 spiro atoms. The van der Waals surface area contributed by atoms with E-state index in [1.54, 1.807) is 29.2 Å². The fraction of sp³-hybridized carbons (Fsp3) is 0.200. The van der Waals surface area contributed by atoms with Crippen molar-refractivity contribution < 1.29 is 4.79 Å². The number of carbonyl (C=O) groups is 1. The van der Waals surface area contributed by atoms with Crippen LogP contribution in [-0.4, -0.2) is 28.9 Å². The van der Waals surface area contributed by atoms with Gasteiger partial charge < -0.3 is 10.6 Å². The Labute approximate surface area is 119 Å². The third kappa shape index (κ3) is 4.67. The molecule has 4 heteroatoms. The molecule has 0 unspecified atom stereocenters. The predicted molar refractivity (Wildman–Crippen MR) is 83.2 cm³/mol. The van der Waals surface area contributed by atoms with Crippen molar-refractivity contribution in [1.82, 2.24) is 4.90 Å². The van der Waals surface area contributed by atoms with E-state index in [-0.39, 0.29) is 5.91 Å². The second-order valence-electron chi connectivity index (χ2n) is 4.13. The highest BCUT2D eigenvalue weighted by molar-refractivity contribution is 7.80. The van der Waals surface area contributed by atoms with Crippen LogP contribution in [0.4, 0.5) is 0 Å². The highest BCUT2D eigenvalue weighted by atomic mass is 32.1. The van der Waals surface area contributed by atoms with Crippen LogP contribution in [0.5, 0.6) is 0 Å². The summed E-state index contributed by atoms with van der Waals surface area (Å²) in [7, 11) is 0. The van der Waals surface area contributed by atoms with E-state index in [1.165, 1.54) is 0 Å². The smallest absolute Gasteiger partial charge is 0.254 e. The topological polar surface area (TPSA) is 46.3 Å². The van der Waals surface area contributed by atoms with Gasteiger partial charge in [0, 0.05) is 25.1 Å². The van der Waals surface area contributed by atoms with Crippen molar-refractivity contribution >= 4 is 23.1 Å². The first-order chi connectivity index (χ1) is 9.08. The quantitative estimate of drug-likeness (QED) is 0.613. The zero-order valence-corrected chi connectivity index (χ0v) is 11.7. The summed E-state index contributed by atoms with van der Waals surface area (Å²) in [6.07, 6.45) is 3.94. The fourth-order valence-electron chi connectivity index (χ4n) is 1.70. The fourth-order valence-corrected chi connectivity index (χ4v) is 1.87. The van der Waals surface area contributed by atoms with Crippen LogP contribution in [0, 0.1) is 0 Å². The van der Waals surface area contributed by atoms with E-state index in [4.69, 9.17) is 18.0 Å². The van der Waals surface area contributed by atoms with Crippen LogP contribution in [0.3, 0.4) is 0 Å². The van der Waals surface area contributed by atoms with Gasteiger partial charge in [-0.15, -0.1) is 13.2 Å². The molecular weight excluding hydrogens is 256 g/mol. The molecule has 2 N–H and O–H groups in total. The standard InChI is InChI=1S/C15H18N2OS/c1-3-9-17(10-4-2)15(18)13-7-5-12(6-8-13)11-14(16)19/h3-8H,1-2,9-11H2,(H2,16,19). The van der Waals surface area contributed by atoms with E-state index in [9.17, 15) is 4.79 Å². The predicted octanol–water partition coefficient (Wildman–Crippen LogP) is 2.33. The minimum absolute atomic E-state index is 0.0401. The summed E-state index contributed by atoms with van der Waals surface area (Å²) in [5, 5.41) is 0. The van der Waals surface area contributed by atoms with E-state index in [0.29, 0.717) is 30.1 Å². The summed E-state index contributed by atoms with van der Waals surface area (Å²) in [6.45, 7) is 8.30. The molecule has 3 nitrogen and oxygen atoms in total. The molecule has 0 aliphatic rings. The van der Waals surface area contributed by atoms with Gasteiger partial charge in [-0.2, -0.15) is 0 Å². The number of hydrogen-bond acceptors (Lipinski definition) is 2. The van der Waals surface area contributed by atoms with Gasteiger partial charge in [0.25, 0.3) is 5.91 Å². The third-order valence-electron chi connectivity index (χ3n) is 2.57. The number of thiocarbonyl (C=S) groups is 1. The Morgan fingerprint density at radius 2 is 1.74 bits per heavy atom. The zero-order valence-electron chi connectivity index (χ0n) is 10.8. The Balaban J connectivity index is 2.83. The van der Waals surface area contributed by atoms with Crippen molar-refractivity contribution in [2.45, 2.75) is 6.42 Å². The largest absolute Gasteiger partial charge is 0.393 e. The van der Waals surface area contributed by atoms with Gasteiger partial charge in [-0.3, -0.25) is 4.79 Å². The minimum Gasteiger partial charge on any atom is -0.393 e. The molecule has 1 amide bonds. The molecule has 0 aromatic heterocycles. The third-order valence-corrected chi connectivity index (χ3v) is 2.71. The first-order valence-electron chi connectivity index (χ1n) is 5.96. The SMILES string of the molecule is C=CCN(CC=C)C(=O)c1ccc(CC(N)=S)cc1. The Hall–Kier alpha value is -1.94. The van der Waals surface area contributed by atoms with Gasteiger partial charge in [-0.25, -0.2) is 0 Å². The van der Waals surface area contributed by atoms with Crippen molar-refractivity contribution in [3.63, 3.8) is 0 Å². The zero-order chi connectivity index (χ0) is 14.3. The summed E-state index contributed by atoms with van der Waals surface area (Å²) in [5.74, 6) is -0.0401. The lowest BCUT2D eigenvalue weighted by Crippen LogP contribution is -2.31. The molecule has 0 radical (unpaired) electrons. The van der Waals surface area contributed by atoms with E-state index in [1.807, 2.05) is 12.1 Å². The van der Waals surface area contributed by atoms with E-state index < -0.39 is 0 Å². The van der Waals surface area contributed by atoms with Crippen molar-refractivity contribution in [3.05, 3.63) is 60.7 Å². The van der Waals surface area contributed by atoms with Crippen LogP contribution in [-0.2, 0) is 6.42 Å². The maximum absolute atomic E-state index is 12.2. The number of carbonyl (C=O) groups excluding carboxylic acids is 1. The van der Waals surface area contributed by atoms with Crippen LogP contribution in [0.2, 0.25) is 0 Å². The Morgan fingerprint density at radius 3 is 2.16 bits per heavy atom. The lowest BCUT2D eigenvalue weighted by molar-refractivity contribution is 0.0791. The molecule has 0 saturated heterocycles. The summed E-state index contributed by atoms with van der Waals surface area (Å²) >= 11 is 4.85. The lowest BCUT2D eigenvalue weighted by atomic mass is 10.1. The van der Waals surface area contributed by atoms with Gasteiger partial charge in [0.05, 0.1) is 4.99 Å². The van der Waals surface area contributed by atoms with Gasteiger partial charge in [-0.05, 0) is 17.7 Å². The summed E-state index contributed by atoms with van der Waals surface area (Å²) in [5.41, 5.74) is 7.12. The molecular formula is C15H18N2OS. The van der Waals surface area contributed by atoms with Crippen molar-refractivity contribution in [2.24, 2.45) is 5.73 Å². The number of nitrogens with zero attached hydrogens (tertiary/aromatic N) is 1. The van der Waals surface area contributed by atoms with Crippen LogP contribution < -0.4 is 5.73 Å². The summed E-state index contributed by atoms with van der Waals surface area (Å²) in [6, 6.07) is 7.31. The molecule has 1 aromatic rings. The highest BCUT2D eigenvalue weighted by Gasteiger charge is 2.12. The molecule has 0 aliphatic carbocycles. The Morgan fingerprint density at radius 1 is 1.21 bits per heavy atom. The van der Waals surface area contributed by atoms with Gasteiger partial charge in [0.2, 0.25) is 0 Å². The molecule has 1 aromatic carbocycles. The van der Waals surface area contributed by atoms with Crippen LogP contribution >= 0.6 is 12.2 Å². The number of amides is 1. The molecule has 19 heavy (non-hydrogen) atoms. The van der Waals surface area contributed by atoms with Crippen LogP contribution in [0.1, 0.15) is 15.9 Å². The second kappa shape index (κ2) is 7.48. The number of benzene rings is 1. The molecule has 1 rings (SSSR count). The Kier molecular flexibility index (Phi) is 5.96. The maximum atomic E-state index is 12.2. The first-order valence-corrected chi connectivity index (χ1v) is 6.37. The molecule has 0 atom stereocenters. The number of rotatable bonds is 7. The average Bonchev–Trinajstić information content (AvgIpc) is 2.38. The summed E-state index contributed by atoms with van der Waals surface area (Å²) < 4.78 is 0. The van der Waals surface area contributed by atoms with Crippen molar-refractivity contribution in [2.75, 3.05) is 13.1 Å². The Bertz CT molecular complexity index is 469. The molecule has 0 bridgehead atoms. The minimum atomic E-state index is -0.0401. The first kappa shape index (κ1) is 15.1. The van der Waals surface area contributed by atoms with Crippen molar-refractivity contribution in [3.8, 4) is 0 Å². The molecule has 0 fully saturated rings. The van der Waals surface area contributed by atoms with E-state index in [0.717, 1.165) is 5.56 Å². The molecule has 0 heterocycles. The van der Waals surface area contributed by atoms with Gasteiger partial charge in [0.1, 0.15) is 0 Å². The normalized spacial score (nSPS) is 9.68. The van der Waals surface area contributed by atoms with Crippen LogP contribution in [0.25, 0.3) is 0 Å². The highest BCUT2D eigenvalue weighted by Crippen LogP contribution is 2.09. The van der Waals surface area contributed by atoms with Gasteiger partial charge in [-0.1, -0.05) is 36.5 Å². The average molecular weight is 274 g/mol. The molecule has 0 aliphatic heterocycles. The van der Waals surface area contributed by atoms with Crippen LogP contribution in [0.15, 0.2) is 49.6 Å². The molecule has 100 valence electrons. The maximum Gasteiger partial charge on any atom is 0.254 e. The van der Waals surface area contributed by atoms with Gasteiger partial charge >= 0.3 is 0 Å². The second-order valence-corrected chi connectivity index (χ2v) is 4.65. The van der Waals surface area contributed by atoms with Crippen molar-refractivity contribution in [1.29, 1.82) is 0 Å². The lowest BCUT2D eigenvalue weighted by Gasteiger charge is -2.19. The van der Waals surface area contributed by atoms with E-state index >= 15 is 0 Å². The molecule has 0 saturated carbocycles.